The summed E-state index contributed by atoms with van der Waals surface area (Å²) in [4.78, 5) is 24.9. The Hall–Kier alpha value is -0.860. The van der Waals surface area contributed by atoms with Crippen molar-refractivity contribution in [2.45, 2.75) is 51.0 Å². The fourth-order valence-corrected chi connectivity index (χ4v) is 2.43. The number of ketones is 1. The summed E-state index contributed by atoms with van der Waals surface area (Å²) in [6.45, 7) is 0. The normalized spacial score (nSPS) is 23.7. The number of carbonyl (C=O) groups excluding carboxylic acids is 2. The van der Waals surface area contributed by atoms with E-state index in [-0.39, 0.29) is 5.92 Å². The summed E-state index contributed by atoms with van der Waals surface area (Å²) in [5.41, 5.74) is 0. The van der Waals surface area contributed by atoms with E-state index in [1.54, 1.807) is 0 Å². The van der Waals surface area contributed by atoms with E-state index in [0.717, 1.165) is 25.7 Å². The van der Waals surface area contributed by atoms with E-state index < -0.39 is 0 Å². The van der Waals surface area contributed by atoms with Crippen LogP contribution < -0.4 is 0 Å². The molecule has 0 saturated heterocycles. The van der Waals surface area contributed by atoms with E-state index in [2.05, 4.69) is 0 Å². The average molecular weight is 209 g/mol. The van der Waals surface area contributed by atoms with Gasteiger partial charge in [0.1, 0.15) is 5.78 Å². The van der Waals surface area contributed by atoms with Crippen LogP contribution in [0.1, 0.15) is 44.9 Å². The van der Waals surface area contributed by atoms with E-state index in [1.165, 1.54) is 6.42 Å². The lowest BCUT2D eigenvalue weighted by molar-refractivity contribution is -0.140. The van der Waals surface area contributed by atoms with Gasteiger partial charge in [-0.1, -0.05) is 6.42 Å². The maximum Gasteiger partial charge on any atom is 0.225 e. The molecular formula is C12H19NO2. The van der Waals surface area contributed by atoms with Crippen LogP contribution in [0.5, 0.6) is 0 Å². The zero-order valence-electron chi connectivity index (χ0n) is 9.37. The predicted octanol–water partition coefficient (Wildman–Crippen LogP) is 1.76. The molecule has 2 fully saturated rings. The Bertz CT molecular complexity index is 261. The number of amides is 1. The molecule has 0 N–H and O–H groups in total. The molecule has 3 nitrogen and oxygen atoms in total. The third-order valence-corrected chi connectivity index (χ3v) is 3.86. The second kappa shape index (κ2) is 4.33. The zero-order valence-corrected chi connectivity index (χ0v) is 9.37. The summed E-state index contributed by atoms with van der Waals surface area (Å²) >= 11 is 0. The molecule has 0 aromatic heterocycles. The van der Waals surface area contributed by atoms with Gasteiger partial charge in [-0.25, -0.2) is 0 Å². The van der Waals surface area contributed by atoms with Gasteiger partial charge in [-0.15, -0.1) is 0 Å². The minimum atomic E-state index is 0.285. The molecule has 2 rings (SSSR count). The molecule has 2 aliphatic rings. The largest absolute Gasteiger partial charge is 0.343 e. The topological polar surface area (TPSA) is 37.4 Å². The lowest BCUT2D eigenvalue weighted by Crippen LogP contribution is -2.44. The second-order valence-electron chi connectivity index (χ2n) is 4.85. The van der Waals surface area contributed by atoms with Crippen molar-refractivity contribution in [3.8, 4) is 0 Å². The number of carbonyl (C=O) groups is 2. The van der Waals surface area contributed by atoms with Gasteiger partial charge in [-0.2, -0.15) is 0 Å². The number of rotatable bonds is 2. The summed E-state index contributed by atoms with van der Waals surface area (Å²) < 4.78 is 0. The van der Waals surface area contributed by atoms with Crippen LogP contribution in [0.3, 0.4) is 0 Å². The fourth-order valence-electron chi connectivity index (χ4n) is 2.43. The quantitative estimate of drug-likeness (QED) is 0.695. The molecule has 0 aromatic rings. The molecule has 0 unspecified atom stereocenters. The van der Waals surface area contributed by atoms with Crippen molar-refractivity contribution in [3.05, 3.63) is 0 Å². The standard InChI is InChI=1S/C12H19NO2/c1-13(12(15)9-3-2-4-9)10-5-7-11(14)8-6-10/h9-10H,2-8H2,1H3. The first kappa shape index (κ1) is 10.7. The Morgan fingerprint density at radius 3 is 2.27 bits per heavy atom. The number of hydrogen-bond donors (Lipinski definition) is 0. The Labute approximate surface area is 90.8 Å². The molecule has 84 valence electrons. The molecule has 15 heavy (non-hydrogen) atoms. The summed E-state index contributed by atoms with van der Waals surface area (Å²) in [6.07, 6.45) is 6.39. The van der Waals surface area contributed by atoms with Gasteiger partial charge in [0.05, 0.1) is 0 Å². The van der Waals surface area contributed by atoms with E-state index in [1.807, 2.05) is 11.9 Å². The van der Waals surface area contributed by atoms with Crippen LogP contribution in [0, 0.1) is 5.92 Å². The summed E-state index contributed by atoms with van der Waals surface area (Å²) in [5.74, 6) is 0.948. The minimum absolute atomic E-state index is 0.285. The minimum Gasteiger partial charge on any atom is -0.343 e. The third kappa shape index (κ3) is 2.21. The molecule has 3 heteroatoms. The molecule has 0 atom stereocenters. The number of hydrogen-bond acceptors (Lipinski definition) is 2. The van der Waals surface area contributed by atoms with Gasteiger partial charge < -0.3 is 4.90 Å². The molecule has 0 spiro atoms. The van der Waals surface area contributed by atoms with Gasteiger partial charge in [0.2, 0.25) is 5.91 Å². The van der Waals surface area contributed by atoms with Gasteiger partial charge in [-0.3, -0.25) is 9.59 Å². The molecule has 2 saturated carbocycles. The SMILES string of the molecule is CN(C(=O)C1CCC1)C1CCC(=O)CC1. The van der Waals surface area contributed by atoms with E-state index in [4.69, 9.17) is 0 Å². The number of nitrogens with zero attached hydrogens (tertiary/aromatic N) is 1. The van der Waals surface area contributed by atoms with Gasteiger partial charge in [0.25, 0.3) is 0 Å². The van der Waals surface area contributed by atoms with Crippen LogP contribution in [-0.2, 0) is 9.59 Å². The smallest absolute Gasteiger partial charge is 0.225 e. The Morgan fingerprint density at radius 2 is 1.80 bits per heavy atom. The van der Waals surface area contributed by atoms with Crippen molar-refractivity contribution < 1.29 is 9.59 Å². The van der Waals surface area contributed by atoms with Crippen LogP contribution >= 0.6 is 0 Å². The highest BCUT2D eigenvalue weighted by molar-refractivity contribution is 5.81. The Balaban J connectivity index is 1.86. The first-order chi connectivity index (χ1) is 7.18. The van der Waals surface area contributed by atoms with Crippen LogP contribution in [-0.4, -0.2) is 29.7 Å². The second-order valence-corrected chi connectivity index (χ2v) is 4.85. The maximum atomic E-state index is 11.9. The third-order valence-electron chi connectivity index (χ3n) is 3.86. The summed E-state index contributed by atoms with van der Waals surface area (Å²) in [6, 6.07) is 0.316. The molecule has 2 aliphatic carbocycles. The van der Waals surface area contributed by atoms with Gasteiger partial charge in [0.15, 0.2) is 0 Å². The highest BCUT2D eigenvalue weighted by atomic mass is 16.2. The zero-order chi connectivity index (χ0) is 10.8. The Kier molecular flexibility index (Phi) is 3.08. The molecule has 0 aromatic carbocycles. The van der Waals surface area contributed by atoms with Gasteiger partial charge in [-0.05, 0) is 25.7 Å². The first-order valence-corrected chi connectivity index (χ1v) is 5.97. The van der Waals surface area contributed by atoms with Crippen LogP contribution in [0.4, 0.5) is 0 Å². The summed E-state index contributed by atoms with van der Waals surface area (Å²) in [7, 11) is 1.90. The summed E-state index contributed by atoms with van der Waals surface area (Å²) in [5, 5.41) is 0. The molecule has 0 aliphatic heterocycles. The first-order valence-electron chi connectivity index (χ1n) is 5.97. The van der Waals surface area contributed by atoms with Crippen molar-refractivity contribution in [1.82, 2.24) is 4.90 Å². The van der Waals surface area contributed by atoms with Crippen molar-refractivity contribution in [1.29, 1.82) is 0 Å². The highest BCUT2D eigenvalue weighted by Crippen LogP contribution is 2.30. The van der Waals surface area contributed by atoms with Crippen LogP contribution in [0.2, 0.25) is 0 Å². The molecule has 0 radical (unpaired) electrons. The van der Waals surface area contributed by atoms with Crippen molar-refractivity contribution in [3.63, 3.8) is 0 Å². The molecular weight excluding hydrogens is 190 g/mol. The van der Waals surface area contributed by atoms with Gasteiger partial charge >= 0.3 is 0 Å². The van der Waals surface area contributed by atoms with E-state index in [9.17, 15) is 9.59 Å². The number of Topliss-reactive ketones (excluding diaryl/α,β-unsaturated/α-hetero) is 1. The molecule has 0 heterocycles. The van der Waals surface area contributed by atoms with Crippen molar-refractivity contribution >= 4 is 11.7 Å². The van der Waals surface area contributed by atoms with E-state index >= 15 is 0 Å². The molecule has 0 bridgehead atoms. The van der Waals surface area contributed by atoms with E-state index in [0.29, 0.717) is 30.6 Å². The monoisotopic (exact) mass is 209 g/mol. The average Bonchev–Trinajstić information content (AvgIpc) is 2.15. The predicted molar refractivity (Wildman–Crippen MR) is 57.4 cm³/mol. The van der Waals surface area contributed by atoms with Crippen molar-refractivity contribution in [2.24, 2.45) is 5.92 Å². The highest BCUT2D eigenvalue weighted by Gasteiger charge is 2.32. The molecule has 1 amide bonds. The fraction of sp³-hybridized carbons (Fsp3) is 0.833. The van der Waals surface area contributed by atoms with Crippen molar-refractivity contribution in [2.75, 3.05) is 7.05 Å². The maximum absolute atomic E-state index is 11.9. The Morgan fingerprint density at radius 1 is 1.20 bits per heavy atom. The lowest BCUT2D eigenvalue weighted by Gasteiger charge is -2.35. The van der Waals surface area contributed by atoms with Gasteiger partial charge in [0, 0.05) is 31.8 Å². The lowest BCUT2D eigenvalue weighted by atomic mass is 9.83. The van der Waals surface area contributed by atoms with Crippen LogP contribution in [0.25, 0.3) is 0 Å². The van der Waals surface area contributed by atoms with Crippen LogP contribution in [0.15, 0.2) is 0 Å².